The maximum absolute atomic E-state index is 12.5. The van der Waals surface area contributed by atoms with Crippen molar-refractivity contribution < 1.29 is 14.6 Å². The number of nitrogens with zero attached hydrogens (tertiary/aromatic N) is 4. The molecule has 0 aliphatic carbocycles. The van der Waals surface area contributed by atoms with Gasteiger partial charge in [-0.25, -0.2) is 4.79 Å². The van der Waals surface area contributed by atoms with Crippen molar-refractivity contribution in [3.63, 3.8) is 0 Å². The number of aromatic nitrogens is 3. The third kappa shape index (κ3) is 3.39. The number of hydrogen-bond donors (Lipinski definition) is 2. The number of urea groups is 1. The van der Waals surface area contributed by atoms with Crippen LogP contribution in [0.5, 0.6) is 0 Å². The third-order valence-corrected chi connectivity index (χ3v) is 4.06. The highest BCUT2D eigenvalue weighted by Crippen LogP contribution is 2.27. The highest BCUT2D eigenvalue weighted by molar-refractivity contribution is 5.91. The second-order valence-electron chi connectivity index (χ2n) is 5.85. The van der Waals surface area contributed by atoms with Gasteiger partial charge in [-0.15, -0.1) is 10.2 Å². The molecule has 1 aromatic heterocycles. The average Bonchev–Trinajstić information content (AvgIpc) is 2.85. The van der Waals surface area contributed by atoms with Gasteiger partial charge in [0.2, 0.25) is 0 Å². The predicted molar refractivity (Wildman–Crippen MR) is 88.6 cm³/mol. The molecule has 0 saturated carbocycles. The number of carbonyl (C=O) groups is 1. The Hall–Kier alpha value is -2.45. The molecule has 3 rings (SSSR count). The average molecular weight is 331 g/mol. The summed E-state index contributed by atoms with van der Waals surface area (Å²) in [6, 6.07) is 5.40. The largest absolute Gasteiger partial charge is 0.389 e. The third-order valence-electron chi connectivity index (χ3n) is 4.06. The summed E-state index contributed by atoms with van der Waals surface area (Å²) >= 11 is 0. The maximum Gasteiger partial charge on any atom is 0.322 e. The number of carbonyl (C=O) groups excluding carboxylic acids is 1. The number of β-amino-alcohol motifs (C(OH)–C–C–N with tert-alkyl or cyclic N) is 1. The summed E-state index contributed by atoms with van der Waals surface area (Å²) in [5, 5.41) is 20.7. The van der Waals surface area contributed by atoms with Gasteiger partial charge in [0.25, 0.3) is 0 Å². The zero-order valence-corrected chi connectivity index (χ0v) is 13.8. The molecule has 0 spiro atoms. The summed E-state index contributed by atoms with van der Waals surface area (Å²) in [5.74, 6) is 0.738. The minimum Gasteiger partial charge on any atom is -0.389 e. The number of amides is 2. The van der Waals surface area contributed by atoms with Crippen molar-refractivity contribution >= 4 is 11.7 Å². The van der Waals surface area contributed by atoms with Crippen LogP contribution in [0.25, 0.3) is 11.4 Å². The van der Waals surface area contributed by atoms with Gasteiger partial charge < -0.3 is 24.6 Å². The van der Waals surface area contributed by atoms with Crippen molar-refractivity contribution in [1.82, 2.24) is 19.7 Å². The lowest BCUT2D eigenvalue weighted by Crippen LogP contribution is -2.40. The molecular formula is C16H21N5O3. The van der Waals surface area contributed by atoms with E-state index >= 15 is 0 Å². The van der Waals surface area contributed by atoms with Crippen molar-refractivity contribution in [2.24, 2.45) is 7.05 Å². The van der Waals surface area contributed by atoms with E-state index in [9.17, 15) is 9.90 Å². The maximum atomic E-state index is 12.5. The topological polar surface area (TPSA) is 92.5 Å². The fourth-order valence-electron chi connectivity index (χ4n) is 2.71. The molecule has 0 bridgehead atoms. The van der Waals surface area contributed by atoms with Crippen LogP contribution in [0, 0.1) is 6.92 Å². The second kappa shape index (κ2) is 6.98. The predicted octanol–water partition coefficient (Wildman–Crippen LogP) is 1.02. The van der Waals surface area contributed by atoms with E-state index in [2.05, 4.69) is 15.5 Å². The van der Waals surface area contributed by atoms with Gasteiger partial charge in [0.15, 0.2) is 5.82 Å². The number of ether oxygens (including phenoxy) is 1. The fourth-order valence-corrected chi connectivity index (χ4v) is 2.71. The van der Waals surface area contributed by atoms with Crippen molar-refractivity contribution in [3.8, 4) is 11.4 Å². The second-order valence-corrected chi connectivity index (χ2v) is 5.85. The summed E-state index contributed by atoms with van der Waals surface area (Å²) in [6.45, 7) is 3.31. The lowest BCUT2D eigenvalue weighted by atomic mass is 10.1. The van der Waals surface area contributed by atoms with Crippen LogP contribution in [-0.4, -0.2) is 63.2 Å². The first-order chi connectivity index (χ1) is 11.6. The van der Waals surface area contributed by atoms with Crippen LogP contribution < -0.4 is 5.32 Å². The molecule has 2 aromatic rings. The van der Waals surface area contributed by atoms with Gasteiger partial charge in [-0.2, -0.15) is 0 Å². The number of nitrogens with one attached hydrogen (secondary N) is 1. The first-order valence-corrected chi connectivity index (χ1v) is 7.82. The molecule has 0 radical (unpaired) electrons. The van der Waals surface area contributed by atoms with E-state index in [0.29, 0.717) is 18.8 Å². The lowest BCUT2D eigenvalue weighted by Gasteiger charge is -2.22. The molecule has 2 N–H and O–H groups in total. The lowest BCUT2D eigenvalue weighted by molar-refractivity contribution is 0.0575. The Morgan fingerprint density at radius 3 is 3.04 bits per heavy atom. The van der Waals surface area contributed by atoms with Gasteiger partial charge in [-0.05, 0) is 18.6 Å². The standard InChI is InChI=1S/C16H21N5O3/c1-11-13(15-19-17-10-20(15)2)4-3-5-14(11)18-16(23)21-6-7-24-9-12(22)8-21/h3-5,10,12,22H,6-9H2,1-2H3,(H,18,23). The molecule has 1 aromatic carbocycles. The fraction of sp³-hybridized carbons (Fsp3) is 0.438. The number of aliphatic hydroxyl groups is 1. The van der Waals surface area contributed by atoms with E-state index in [1.54, 1.807) is 11.2 Å². The summed E-state index contributed by atoms with van der Waals surface area (Å²) in [5.41, 5.74) is 2.53. The minimum absolute atomic E-state index is 0.252. The Morgan fingerprint density at radius 1 is 1.46 bits per heavy atom. The molecular weight excluding hydrogens is 310 g/mol. The van der Waals surface area contributed by atoms with Crippen molar-refractivity contribution in [2.75, 3.05) is 31.6 Å². The Balaban J connectivity index is 1.80. The van der Waals surface area contributed by atoms with Gasteiger partial charge in [-0.1, -0.05) is 12.1 Å². The van der Waals surface area contributed by atoms with E-state index in [1.807, 2.05) is 36.7 Å². The Kier molecular flexibility index (Phi) is 4.77. The van der Waals surface area contributed by atoms with Crippen LogP contribution >= 0.6 is 0 Å². The molecule has 1 atom stereocenters. The normalized spacial score (nSPS) is 18.3. The van der Waals surface area contributed by atoms with E-state index in [-0.39, 0.29) is 19.2 Å². The Morgan fingerprint density at radius 2 is 2.29 bits per heavy atom. The molecule has 1 aliphatic rings. The Labute approximate surface area is 140 Å². The van der Waals surface area contributed by atoms with Gasteiger partial charge in [0, 0.05) is 24.8 Å². The monoisotopic (exact) mass is 331 g/mol. The first-order valence-electron chi connectivity index (χ1n) is 7.82. The molecule has 8 heteroatoms. The quantitative estimate of drug-likeness (QED) is 0.857. The first kappa shape index (κ1) is 16.4. The number of aryl methyl sites for hydroxylation is 1. The molecule has 1 unspecified atom stereocenters. The van der Waals surface area contributed by atoms with Gasteiger partial charge >= 0.3 is 6.03 Å². The van der Waals surface area contributed by atoms with Crippen LogP contribution in [0.15, 0.2) is 24.5 Å². The highest BCUT2D eigenvalue weighted by atomic mass is 16.5. The molecule has 1 aliphatic heterocycles. The van der Waals surface area contributed by atoms with Gasteiger partial charge in [0.1, 0.15) is 6.33 Å². The van der Waals surface area contributed by atoms with Crippen LogP contribution in [0.3, 0.4) is 0 Å². The van der Waals surface area contributed by atoms with Crippen molar-refractivity contribution in [3.05, 3.63) is 30.1 Å². The molecule has 2 heterocycles. The van der Waals surface area contributed by atoms with E-state index < -0.39 is 6.10 Å². The van der Waals surface area contributed by atoms with Gasteiger partial charge in [-0.3, -0.25) is 0 Å². The van der Waals surface area contributed by atoms with Crippen LogP contribution in [0.4, 0.5) is 10.5 Å². The van der Waals surface area contributed by atoms with Crippen molar-refractivity contribution in [1.29, 1.82) is 0 Å². The number of anilines is 1. The number of rotatable bonds is 2. The molecule has 1 saturated heterocycles. The minimum atomic E-state index is -0.663. The molecule has 1 fully saturated rings. The summed E-state index contributed by atoms with van der Waals surface area (Å²) < 4.78 is 7.08. The smallest absolute Gasteiger partial charge is 0.322 e. The van der Waals surface area contributed by atoms with E-state index in [4.69, 9.17) is 4.74 Å². The molecule has 24 heavy (non-hydrogen) atoms. The number of benzene rings is 1. The number of hydrogen-bond acceptors (Lipinski definition) is 5. The van der Waals surface area contributed by atoms with Crippen LogP contribution in [-0.2, 0) is 11.8 Å². The molecule has 8 nitrogen and oxygen atoms in total. The van der Waals surface area contributed by atoms with Crippen LogP contribution in [0.2, 0.25) is 0 Å². The van der Waals surface area contributed by atoms with Crippen LogP contribution in [0.1, 0.15) is 5.56 Å². The zero-order valence-electron chi connectivity index (χ0n) is 13.8. The molecule has 2 amide bonds. The van der Waals surface area contributed by atoms with Crippen molar-refractivity contribution in [2.45, 2.75) is 13.0 Å². The summed E-state index contributed by atoms with van der Waals surface area (Å²) in [4.78, 5) is 14.1. The van der Waals surface area contributed by atoms with Gasteiger partial charge in [0.05, 0.1) is 25.9 Å². The van der Waals surface area contributed by atoms with E-state index in [0.717, 1.165) is 17.0 Å². The molecule has 128 valence electrons. The zero-order chi connectivity index (χ0) is 17.1. The summed E-state index contributed by atoms with van der Waals surface area (Å²) in [7, 11) is 1.87. The van der Waals surface area contributed by atoms with E-state index in [1.165, 1.54) is 0 Å². The Bertz CT molecular complexity index is 730. The highest BCUT2D eigenvalue weighted by Gasteiger charge is 2.21. The summed E-state index contributed by atoms with van der Waals surface area (Å²) in [6.07, 6.45) is 0.975. The number of aliphatic hydroxyl groups excluding tert-OH is 1. The SMILES string of the molecule is Cc1c(NC(=O)N2CCOCC(O)C2)cccc1-c1nncn1C.